The van der Waals surface area contributed by atoms with Gasteiger partial charge in [0.05, 0.1) is 13.2 Å². The smallest absolute Gasteiger partial charge is 0.224 e. The maximum absolute atomic E-state index is 10.4. The van der Waals surface area contributed by atoms with Gasteiger partial charge >= 0.3 is 0 Å². The van der Waals surface area contributed by atoms with Crippen LogP contribution >= 0.6 is 0 Å². The molecule has 11 nitrogen and oxygen atoms in total. The number of ether oxygens (including phenoxy) is 9. The van der Waals surface area contributed by atoms with Gasteiger partial charge in [-0.05, 0) is 0 Å². The molecule has 0 bridgehead atoms. The molecule has 0 aliphatic carbocycles. The second-order valence-corrected chi connectivity index (χ2v) is 6.95. The number of methoxy groups -OCH3 is 6. The van der Waals surface area contributed by atoms with E-state index in [1.54, 1.807) is 14.2 Å². The van der Waals surface area contributed by atoms with Gasteiger partial charge in [-0.25, -0.2) is 0 Å². The van der Waals surface area contributed by atoms with Gasteiger partial charge in [-0.2, -0.15) is 0 Å². The molecule has 0 aromatic carbocycles. The van der Waals surface area contributed by atoms with Crippen LogP contribution in [-0.2, 0) is 42.6 Å². The number of hydrogen-bond acceptors (Lipinski definition) is 11. The van der Waals surface area contributed by atoms with Crippen molar-refractivity contribution in [2.45, 2.75) is 54.8 Å². The van der Waals surface area contributed by atoms with E-state index in [0.717, 1.165) is 0 Å². The summed E-state index contributed by atoms with van der Waals surface area (Å²) in [7, 11) is 8.98. The lowest BCUT2D eigenvalue weighted by Gasteiger charge is -2.46. The van der Waals surface area contributed by atoms with Crippen molar-refractivity contribution >= 4 is 0 Å². The molecule has 0 radical (unpaired) electrons. The van der Waals surface area contributed by atoms with Crippen LogP contribution in [0.3, 0.4) is 0 Å². The standard InChI is InChI=1S/C18H34O11/c1-21-8-11-13(23-3)16(26-6)18(28-11,9-22-2)29-17-15(25-5)14(24-4)12(20)10(7-19)27-17/h10-17,19-20H,7-9H2,1-6H3/t10-,11-,12-,13-,14+,15-,16+,17-,18+/m1/s1. The Morgan fingerprint density at radius 2 is 1.48 bits per heavy atom. The molecular weight excluding hydrogens is 392 g/mol. The molecule has 9 atom stereocenters. The van der Waals surface area contributed by atoms with E-state index >= 15 is 0 Å². The Bertz CT molecular complexity index is 481. The molecule has 0 amide bonds. The molecule has 2 aliphatic heterocycles. The highest BCUT2D eigenvalue weighted by molar-refractivity contribution is 5.00. The zero-order valence-electron chi connectivity index (χ0n) is 17.8. The SMILES string of the molecule is COC[C@H]1O[C@@](COC)(O[C@H]2O[C@H](CO)[C@@H](O)[C@H](OC)[C@H]2OC)[C@@H](OC)[C@@H]1OC. The minimum absolute atomic E-state index is 0.00807. The third-order valence-corrected chi connectivity index (χ3v) is 5.31. The second kappa shape index (κ2) is 11.3. The summed E-state index contributed by atoms with van der Waals surface area (Å²) < 4.78 is 50.9. The summed E-state index contributed by atoms with van der Waals surface area (Å²) in [6.45, 7) is -0.201. The molecule has 0 aromatic rings. The van der Waals surface area contributed by atoms with Gasteiger partial charge in [-0.15, -0.1) is 0 Å². The van der Waals surface area contributed by atoms with Crippen molar-refractivity contribution < 1.29 is 52.8 Å². The molecule has 2 rings (SSSR count). The molecular formula is C18H34O11. The van der Waals surface area contributed by atoms with Gasteiger partial charge in [0.15, 0.2) is 6.29 Å². The molecule has 0 aromatic heterocycles. The average molecular weight is 426 g/mol. The van der Waals surface area contributed by atoms with E-state index in [4.69, 9.17) is 42.6 Å². The van der Waals surface area contributed by atoms with Gasteiger partial charge in [0, 0.05) is 42.7 Å². The van der Waals surface area contributed by atoms with Crippen LogP contribution < -0.4 is 0 Å². The minimum atomic E-state index is -1.42. The first-order valence-electron chi connectivity index (χ1n) is 9.35. The molecule has 0 saturated carbocycles. The average Bonchev–Trinajstić information content (AvgIpc) is 3.00. The van der Waals surface area contributed by atoms with E-state index in [2.05, 4.69) is 0 Å². The van der Waals surface area contributed by atoms with Crippen molar-refractivity contribution in [3.8, 4) is 0 Å². The maximum atomic E-state index is 10.4. The Hall–Kier alpha value is -0.440. The molecule has 2 saturated heterocycles. The minimum Gasteiger partial charge on any atom is -0.394 e. The van der Waals surface area contributed by atoms with Crippen LogP contribution in [0.5, 0.6) is 0 Å². The first-order chi connectivity index (χ1) is 14.0. The quantitative estimate of drug-likeness (QED) is 0.402. The lowest BCUT2D eigenvalue weighted by Crippen LogP contribution is -2.63. The van der Waals surface area contributed by atoms with Crippen LogP contribution in [0.2, 0.25) is 0 Å². The predicted molar refractivity (Wildman–Crippen MR) is 97.4 cm³/mol. The lowest BCUT2D eigenvalue weighted by molar-refractivity contribution is -0.388. The van der Waals surface area contributed by atoms with Crippen molar-refractivity contribution in [2.75, 3.05) is 62.5 Å². The fourth-order valence-corrected chi connectivity index (χ4v) is 4.02. The molecule has 2 fully saturated rings. The molecule has 2 aliphatic rings. The summed E-state index contributed by atoms with van der Waals surface area (Å²) in [5.41, 5.74) is 0. The number of rotatable bonds is 11. The molecule has 11 heteroatoms. The van der Waals surface area contributed by atoms with Crippen LogP contribution in [0.15, 0.2) is 0 Å². The van der Waals surface area contributed by atoms with Crippen molar-refractivity contribution in [1.29, 1.82) is 0 Å². The molecule has 2 heterocycles. The Balaban J connectivity index is 2.36. The van der Waals surface area contributed by atoms with Crippen LogP contribution in [0, 0.1) is 0 Å². The molecule has 2 N–H and O–H groups in total. The third kappa shape index (κ3) is 4.91. The Morgan fingerprint density at radius 1 is 0.828 bits per heavy atom. The van der Waals surface area contributed by atoms with Crippen molar-refractivity contribution in [3.05, 3.63) is 0 Å². The number of aliphatic hydroxyl groups excluding tert-OH is 2. The first-order valence-corrected chi connectivity index (χ1v) is 9.35. The summed E-state index contributed by atoms with van der Waals surface area (Å²) in [5, 5.41) is 20.0. The highest BCUT2D eigenvalue weighted by atomic mass is 16.8. The van der Waals surface area contributed by atoms with E-state index in [1.165, 1.54) is 28.4 Å². The van der Waals surface area contributed by atoms with E-state index in [-0.39, 0.29) is 13.2 Å². The fourth-order valence-electron chi connectivity index (χ4n) is 4.02. The summed E-state index contributed by atoms with van der Waals surface area (Å²) in [4.78, 5) is 0. The maximum Gasteiger partial charge on any atom is 0.224 e. The van der Waals surface area contributed by atoms with Gasteiger partial charge in [0.2, 0.25) is 5.79 Å². The summed E-state index contributed by atoms with van der Waals surface area (Å²) in [5.74, 6) is -1.42. The molecule has 0 spiro atoms. The largest absolute Gasteiger partial charge is 0.394 e. The molecule has 172 valence electrons. The summed E-state index contributed by atoms with van der Waals surface area (Å²) in [6.07, 6.45) is -6.40. The van der Waals surface area contributed by atoms with Crippen molar-refractivity contribution in [1.82, 2.24) is 0 Å². The molecule has 0 unspecified atom stereocenters. The summed E-state index contributed by atoms with van der Waals surface area (Å²) in [6, 6.07) is 0. The van der Waals surface area contributed by atoms with Crippen LogP contribution in [-0.4, -0.2) is 127 Å². The van der Waals surface area contributed by atoms with E-state index in [1.807, 2.05) is 0 Å². The fraction of sp³-hybridized carbons (Fsp3) is 1.00. The number of hydrogen-bond donors (Lipinski definition) is 2. The Labute approximate surface area is 171 Å². The molecule has 29 heavy (non-hydrogen) atoms. The predicted octanol–water partition coefficient (Wildman–Crippen LogP) is -1.47. The van der Waals surface area contributed by atoms with Gasteiger partial charge in [-0.1, -0.05) is 0 Å². The van der Waals surface area contributed by atoms with Crippen molar-refractivity contribution in [3.63, 3.8) is 0 Å². The highest BCUT2D eigenvalue weighted by Gasteiger charge is 2.60. The van der Waals surface area contributed by atoms with Gasteiger partial charge < -0.3 is 52.8 Å². The summed E-state index contributed by atoms with van der Waals surface area (Å²) >= 11 is 0. The third-order valence-electron chi connectivity index (χ3n) is 5.31. The van der Waals surface area contributed by atoms with E-state index < -0.39 is 61.4 Å². The monoisotopic (exact) mass is 426 g/mol. The normalized spacial score (nSPS) is 43.0. The zero-order chi connectivity index (χ0) is 21.6. The zero-order valence-corrected chi connectivity index (χ0v) is 17.8. The first kappa shape index (κ1) is 24.8. The Morgan fingerprint density at radius 3 is 1.97 bits per heavy atom. The van der Waals surface area contributed by atoms with Crippen LogP contribution in [0.4, 0.5) is 0 Å². The Kier molecular flexibility index (Phi) is 9.64. The van der Waals surface area contributed by atoms with Crippen molar-refractivity contribution in [2.24, 2.45) is 0 Å². The van der Waals surface area contributed by atoms with Gasteiger partial charge in [0.25, 0.3) is 0 Å². The topological polar surface area (TPSA) is 124 Å². The van der Waals surface area contributed by atoms with Gasteiger partial charge in [-0.3, -0.25) is 0 Å². The van der Waals surface area contributed by atoms with E-state index in [0.29, 0.717) is 0 Å². The van der Waals surface area contributed by atoms with Gasteiger partial charge in [0.1, 0.15) is 49.3 Å². The second-order valence-electron chi connectivity index (χ2n) is 6.95. The van der Waals surface area contributed by atoms with E-state index in [9.17, 15) is 10.2 Å². The van der Waals surface area contributed by atoms with Crippen LogP contribution in [0.25, 0.3) is 0 Å². The highest BCUT2D eigenvalue weighted by Crippen LogP contribution is 2.39. The lowest BCUT2D eigenvalue weighted by atomic mass is 9.98. The van der Waals surface area contributed by atoms with Crippen LogP contribution in [0.1, 0.15) is 0 Å². The number of aliphatic hydroxyl groups is 2.